The van der Waals surface area contributed by atoms with Gasteiger partial charge in [0.1, 0.15) is 0 Å². The van der Waals surface area contributed by atoms with Crippen molar-refractivity contribution < 1.29 is 0 Å². The van der Waals surface area contributed by atoms with E-state index in [1.165, 1.54) is 100 Å². The number of aromatic nitrogens is 2. The summed E-state index contributed by atoms with van der Waals surface area (Å²) in [6.07, 6.45) is 13.6. The van der Waals surface area contributed by atoms with E-state index in [-0.39, 0.29) is 0 Å². The molecule has 2 heterocycles. The third kappa shape index (κ3) is 5.17. The summed E-state index contributed by atoms with van der Waals surface area (Å²) >= 11 is 0. The lowest BCUT2D eigenvalue weighted by molar-refractivity contribution is 0.968. The van der Waals surface area contributed by atoms with Crippen LogP contribution in [0.1, 0.15) is 35.4 Å². The van der Waals surface area contributed by atoms with E-state index in [0.717, 1.165) is 25.7 Å². The molecule has 2 nitrogen and oxygen atoms in total. The van der Waals surface area contributed by atoms with Gasteiger partial charge in [0.05, 0.1) is 22.4 Å². The number of rotatable bonds is 6. The van der Waals surface area contributed by atoms with Gasteiger partial charge in [-0.15, -0.1) is 0 Å². The van der Waals surface area contributed by atoms with E-state index in [1.54, 1.807) is 0 Å². The SMILES string of the molecule is C1=Cc2c(c3ccccc3n2-c2ccccc2-c2cc(-c3ccccc3)c(-c3ccccc3-n3c4c(c5ccccc53)CCC=C4)cc2-c2ccccc2)CC1. The van der Waals surface area contributed by atoms with Crippen LogP contribution in [0.3, 0.4) is 0 Å². The Bertz CT molecular complexity index is 2800. The number of fused-ring (bicyclic) bond motifs is 6. The Balaban J connectivity index is 1.22. The van der Waals surface area contributed by atoms with Gasteiger partial charge in [-0.1, -0.05) is 146 Å². The first-order valence-corrected chi connectivity index (χ1v) is 19.9. The molecule has 9 aromatic rings. The lowest BCUT2D eigenvalue weighted by atomic mass is 9.84. The van der Waals surface area contributed by atoms with Crippen molar-refractivity contribution in [2.75, 3.05) is 0 Å². The summed E-state index contributed by atoms with van der Waals surface area (Å²) in [7, 11) is 0. The van der Waals surface area contributed by atoms with Gasteiger partial charge in [-0.25, -0.2) is 0 Å². The molecule has 0 unspecified atom stereocenters. The number of para-hydroxylation sites is 4. The van der Waals surface area contributed by atoms with Gasteiger partial charge in [-0.05, 0) is 119 Å². The van der Waals surface area contributed by atoms with Crippen molar-refractivity contribution >= 4 is 34.0 Å². The number of hydrogen-bond donors (Lipinski definition) is 0. The highest BCUT2D eigenvalue weighted by molar-refractivity contribution is 6.00. The van der Waals surface area contributed by atoms with Gasteiger partial charge in [0, 0.05) is 33.3 Å². The van der Waals surface area contributed by atoms with E-state index in [9.17, 15) is 0 Å². The van der Waals surface area contributed by atoms with Crippen LogP contribution in [0.4, 0.5) is 0 Å². The average molecular weight is 717 g/mol. The smallest absolute Gasteiger partial charge is 0.0540 e. The van der Waals surface area contributed by atoms with Crippen LogP contribution in [0.25, 0.3) is 89.8 Å². The molecule has 2 aliphatic carbocycles. The van der Waals surface area contributed by atoms with Crippen molar-refractivity contribution in [3.05, 3.63) is 205 Å². The Morgan fingerprint density at radius 2 is 0.732 bits per heavy atom. The van der Waals surface area contributed by atoms with Gasteiger partial charge < -0.3 is 9.13 Å². The number of aryl methyl sites for hydroxylation is 2. The van der Waals surface area contributed by atoms with Gasteiger partial charge in [0.2, 0.25) is 0 Å². The fraction of sp³-hybridized carbons (Fsp3) is 0.0741. The van der Waals surface area contributed by atoms with Crippen LogP contribution < -0.4 is 0 Å². The zero-order valence-electron chi connectivity index (χ0n) is 31.2. The zero-order valence-corrected chi connectivity index (χ0v) is 31.2. The monoisotopic (exact) mass is 716 g/mol. The summed E-state index contributed by atoms with van der Waals surface area (Å²) in [5, 5.41) is 2.69. The molecular formula is C54H40N2. The van der Waals surface area contributed by atoms with Crippen LogP contribution >= 0.6 is 0 Å². The maximum absolute atomic E-state index is 2.50. The molecule has 2 aliphatic rings. The van der Waals surface area contributed by atoms with E-state index >= 15 is 0 Å². The van der Waals surface area contributed by atoms with Crippen molar-refractivity contribution in [2.45, 2.75) is 25.7 Å². The summed E-state index contributed by atoms with van der Waals surface area (Å²) < 4.78 is 5.01. The number of benzene rings is 7. The number of nitrogens with zero attached hydrogens (tertiary/aromatic N) is 2. The predicted molar refractivity (Wildman–Crippen MR) is 237 cm³/mol. The second-order valence-electron chi connectivity index (χ2n) is 15.0. The zero-order chi connectivity index (χ0) is 37.0. The molecule has 266 valence electrons. The molecule has 0 atom stereocenters. The predicted octanol–water partition coefficient (Wildman–Crippen LogP) is 14.2. The summed E-state index contributed by atoms with van der Waals surface area (Å²) in [6.45, 7) is 0. The minimum Gasteiger partial charge on any atom is -0.309 e. The Morgan fingerprint density at radius 1 is 0.339 bits per heavy atom. The summed E-state index contributed by atoms with van der Waals surface area (Å²) in [4.78, 5) is 0. The van der Waals surface area contributed by atoms with Gasteiger partial charge in [0.15, 0.2) is 0 Å². The minimum absolute atomic E-state index is 1.05. The first-order valence-electron chi connectivity index (χ1n) is 19.9. The fourth-order valence-corrected chi connectivity index (χ4v) is 9.44. The Kier molecular flexibility index (Phi) is 7.81. The highest BCUT2D eigenvalue weighted by Crippen LogP contribution is 2.47. The molecule has 0 N–H and O–H groups in total. The number of hydrogen-bond acceptors (Lipinski definition) is 0. The van der Waals surface area contributed by atoms with E-state index in [4.69, 9.17) is 0 Å². The maximum atomic E-state index is 2.50. The van der Waals surface area contributed by atoms with Gasteiger partial charge >= 0.3 is 0 Å². The van der Waals surface area contributed by atoms with Gasteiger partial charge in [0.25, 0.3) is 0 Å². The molecule has 56 heavy (non-hydrogen) atoms. The molecule has 0 radical (unpaired) electrons. The largest absolute Gasteiger partial charge is 0.309 e. The maximum Gasteiger partial charge on any atom is 0.0540 e. The minimum atomic E-state index is 1.05. The van der Waals surface area contributed by atoms with Gasteiger partial charge in [-0.3, -0.25) is 0 Å². The second kappa shape index (κ2) is 13.4. The van der Waals surface area contributed by atoms with E-state index in [1.807, 2.05) is 0 Å². The molecule has 0 saturated heterocycles. The van der Waals surface area contributed by atoms with Gasteiger partial charge in [-0.2, -0.15) is 0 Å². The Hall–Kier alpha value is -6.90. The molecule has 0 aliphatic heterocycles. The third-order valence-electron chi connectivity index (χ3n) is 11.9. The van der Waals surface area contributed by atoms with Crippen LogP contribution in [0, 0.1) is 0 Å². The molecule has 0 amide bonds. The normalized spacial score (nSPS) is 13.3. The van der Waals surface area contributed by atoms with Crippen LogP contribution in [0.15, 0.2) is 182 Å². The molecule has 7 aromatic carbocycles. The van der Waals surface area contributed by atoms with Crippen LogP contribution in [0.2, 0.25) is 0 Å². The van der Waals surface area contributed by atoms with Crippen molar-refractivity contribution in [3.63, 3.8) is 0 Å². The molecule has 0 saturated carbocycles. The van der Waals surface area contributed by atoms with E-state index in [0.29, 0.717) is 0 Å². The Morgan fingerprint density at radius 3 is 1.20 bits per heavy atom. The molecule has 2 aromatic heterocycles. The van der Waals surface area contributed by atoms with Crippen LogP contribution in [-0.4, -0.2) is 9.13 Å². The highest BCUT2D eigenvalue weighted by atomic mass is 15.0. The topological polar surface area (TPSA) is 9.86 Å². The Labute approximate surface area is 328 Å². The quantitative estimate of drug-likeness (QED) is 0.162. The van der Waals surface area contributed by atoms with Crippen LogP contribution in [0.5, 0.6) is 0 Å². The molecule has 11 rings (SSSR count). The number of allylic oxidation sites excluding steroid dienone is 2. The second-order valence-corrected chi connectivity index (χ2v) is 15.0. The molecule has 0 fully saturated rings. The lowest BCUT2D eigenvalue weighted by Crippen LogP contribution is -2.04. The third-order valence-corrected chi connectivity index (χ3v) is 11.9. The highest BCUT2D eigenvalue weighted by Gasteiger charge is 2.25. The van der Waals surface area contributed by atoms with Crippen molar-refractivity contribution in [1.29, 1.82) is 0 Å². The first kappa shape index (κ1) is 32.5. The summed E-state index contributed by atoms with van der Waals surface area (Å²) in [5.41, 5.74) is 20.0. The fourth-order valence-electron chi connectivity index (χ4n) is 9.44. The van der Waals surface area contributed by atoms with Crippen LogP contribution in [-0.2, 0) is 12.8 Å². The van der Waals surface area contributed by atoms with Crippen molar-refractivity contribution in [2.24, 2.45) is 0 Å². The average Bonchev–Trinajstić information content (AvgIpc) is 3.80. The summed E-state index contributed by atoms with van der Waals surface area (Å²) in [5.74, 6) is 0. The lowest BCUT2D eigenvalue weighted by Gasteiger charge is -2.23. The van der Waals surface area contributed by atoms with Crippen molar-refractivity contribution in [3.8, 4) is 55.9 Å². The molecule has 0 spiro atoms. The van der Waals surface area contributed by atoms with Crippen molar-refractivity contribution in [1.82, 2.24) is 9.13 Å². The summed E-state index contributed by atoms with van der Waals surface area (Å²) in [6, 6.07) is 62.7. The molecule has 0 bridgehead atoms. The molecular weight excluding hydrogens is 677 g/mol. The van der Waals surface area contributed by atoms with E-state index < -0.39 is 0 Å². The standard InChI is InChI=1S/C54H40N2/c1-3-19-37(20-4-1)45-35-48(44-28-12-18-34-54(44)56-51-31-15-9-25-41(51)42-26-10-16-32-52(42)56)46(38-21-5-2-6-22-38)36-47(45)43-27-11-17-33-53(43)55-49-29-13-7-23-39(49)40-24-8-14-30-50(40)55/h1-7,9,11-23,25,27-36H,8,10,24,26H2. The first-order chi connectivity index (χ1) is 27.8. The molecule has 2 heteroatoms. The van der Waals surface area contributed by atoms with E-state index in [2.05, 4.69) is 203 Å².